The Labute approximate surface area is 142 Å². The molecule has 1 atom stereocenters. The Bertz CT molecular complexity index is 767. The molecule has 0 fully saturated rings. The van der Waals surface area contributed by atoms with Crippen LogP contribution in [0.3, 0.4) is 0 Å². The summed E-state index contributed by atoms with van der Waals surface area (Å²) in [5.74, 6) is -2.92. The highest BCUT2D eigenvalue weighted by Crippen LogP contribution is 2.17. The van der Waals surface area contributed by atoms with E-state index in [0.29, 0.717) is 10.6 Å². The van der Waals surface area contributed by atoms with Gasteiger partial charge in [-0.1, -0.05) is 29.8 Å². The number of benzene rings is 2. The number of nitrogens with one attached hydrogen (secondary N) is 1. The van der Waals surface area contributed by atoms with Crippen LogP contribution in [0, 0.1) is 11.6 Å². The summed E-state index contributed by atoms with van der Waals surface area (Å²) in [4.78, 5) is 23.8. The van der Waals surface area contributed by atoms with Gasteiger partial charge in [-0.15, -0.1) is 0 Å². The van der Waals surface area contributed by atoms with Crippen LogP contribution in [-0.4, -0.2) is 18.0 Å². The van der Waals surface area contributed by atoms with E-state index in [1.165, 1.54) is 6.92 Å². The largest absolute Gasteiger partial charge is 0.452 e. The monoisotopic (exact) mass is 353 g/mol. The lowest BCUT2D eigenvalue weighted by Gasteiger charge is -2.14. The van der Waals surface area contributed by atoms with Gasteiger partial charge in [0.25, 0.3) is 5.91 Å². The maximum atomic E-state index is 13.5. The number of ether oxygens (including phenoxy) is 1. The predicted molar refractivity (Wildman–Crippen MR) is 85.7 cm³/mol. The second kappa shape index (κ2) is 7.88. The quantitative estimate of drug-likeness (QED) is 0.833. The molecule has 0 aromatic heterocycles. The first-order valence-electron chi connectivity index (χ1n) is 7.05. The topological polar surface area (TPSA) is 55.4 Å². The minimum absolute atomic E-state index is 0.106. The lowest BCUT2D eigenvalue weighted by molar-refractivity contribution is -0.152. The van der Waals surface area contributed by atoms with Crippen LogP contribution >= 0.6 is 11.6 Å². The molecule has 0 unspecified atom stereocenters. The molecule has 0 heterocycles. The Balaban J connectivity index is 1.95. The fourth-order valence-electron chi connectivity index (χ4n) is 1.92. The van der Waals surface area contributed by atoms with Gasteiger partial charge in [-0.3, -0.25) is 9.59 Å². The van der Waals surface area contributed by atoms with Crippen LogP contribution in [0.5, 0.6) is 0 Å². The molecule has 2 rings (SSSR count). The van der Waals surface area contributed by atoms with Gasteiger partial charge in [0.2, 0.25) is 0 Å². The van der Waals surface area contributed by atoms with Gasteiger partial charge in [-0.2, -0.15) is 0 Å². The van der Waals surface area contributed by atoms with E-state index in [1.54, 1.807) is 24.3 Å². The SMILES string of the molecule is C[C@@H](OC(=O)Cc1ccccc1Cl)C(=O)Nc1cc(F)ccc1F. The number of hydrogen-bond donors (Lipinski definition) is 1. The summed E-state index contributed by atoms with van der Waals surface area (Å²) in [6.07, 6.45) is -1.28. The van der Waals surface area contributed by atoms with Gasteiger partial charge in [-0.05, 0) is 30.7 Å². The summed E-state index contributed by atoms with van der Waals surface area (Å²) in [6.45, 7) is 1.33. The van der Waals surface area contributed by atoms with E-state index in [9.17, 15) is 18.4 Å². The molecule has 0 aliphatic rings. The van der Waals surface area contributed by atoms with Gasteiger partial charge in [0, 0.05) is 11.1 Å². The average Bonchev–Trinajstić information content (AvgIpc) is 2.53. The molecule has 7 heteroatoms. The summed E-state index contributed by atoms with van der Waals surface area (Å²) in [6, 6.07) is 9.39. The van der Waals surface area contributed by atoms with Crippen LogP contribution in [-0.2, 0) is 20.7 Å². The van der Waals surface area contributed by atoms with Gasteiger partial charge < -0.3 is 10.1 Å². The minimum atomic E-state index is -1.18. The summed E-state index contributed by atoms with van der Waals surface area (Å²) in [5.41, 5.74) is 0.238. The van der Waals surface area contributed by atoms with Gasteiger partial charge in [0.15, 0.2) is 6.10 Å². The molecule has 1 amide bonds. The third-order valence-electron chi connectivity index (χ3n) is 3.16. The Morgan fingerprint density at radius 1 is 1.21 bits per heavy atom. The zero-order chi connectivity index (χ0) is 17.7. The second-order valence-corrected chi connectivity index (χ2v) is 5.42. The fourth-order valence-corrected chi connectivity index (χ4v) is 2.12. The highest BCUT2D eigenvalue weighted by molar-refractivity contribution is 6.31. The van der Waals surface area contributed by atoms with E-state index in [-0.39, 0.29) is 12.1 Å². The number of esters is 1. The van der Waals surface area contributed by atoms with E-state index < -0.39 is 29.6 Å². The van der Waals surface area contributed by atoms with Crippen molar-refractivity contribution in [3.05, 3.63) is 64.7 Å². The Kier molecular flexibility index (Phi) is 5.87. The first-order chi connectivity index (χ1) is 11.4. The summed E-state index contributed by atoms with van der Waals surface area (Å²) in [5, 5.41) is 2.58. The van der Waals surface area contributed by atoms with Gasteiger partial charge >= 0.3 is 5.97 Å². The molecule has 0 saturated heterocycles. The average molecular weight is 354 g/mol. The third kappa shape index (κ3) is 4.76. The number of rotatable bonds is 5. The molecular weight excluding hydrogens is 340 g/mol. The maximum absolute atomic E-state index is 13.5. The van der Waals surface area contributed by atoms with E-state index in [4.69, 9.17) is 16.3 Å². The molecule has 0 bridgehead atoms. The molecule has 4 nitrogen and oxygen atoms in total. The Hall–Kier alpha value is -2.47. The molecule has 0 aliphatic carbocycles. The number of halogens is 3. The summed E-state index contributed by atoms with van der Waals surface area (Å²) in [7, 11) is 0. The molecule has 0 radical (unpaired) electrons. The number of hydrogen-bond acceptors (Lipinski definition) is 3. The van der Waals surface area contributed by atoms with Crippen LogP contribution < -0.4 is 5.32 Å². The molecule has 2 aromatic carbocycles. The first kappa shape index (κ1) is 17.9. The molecule has 126 valence electrons. The standard InChI is InChI=1S/C17H14ClF2NO3/c1-10(17(23)21-15-9-12(19)6-7-14(15)20)24-16(22)8-11-4-2-3-5-13(11)18/h2-7,9-10H,8H2,1H3,(H,21,23)/t10-/m1/s1. The van der Waals surface area contributed by atoms with Crippen LogP contribution in [0.1, 0.15) is 12.5 Å². The number of anilines is 1. The van der Waals surface area contributed by atoms with Crippen molar-refractivity contribution >= 4 is 29.2 Å². The van der Waals surface area contributed by atoms with Crippen LogP contribution in [0.15, 0.2) is 42.5 Å². The summed E-state index contributed by atoms with van der Waals surface area (Å²) >= 11 is 5.94. The van der Waals surface area contributed by atoms with Crippen molar-refractivity contribution in [2.45, 2.75) is 19.4 Å². The number of amides is 1. The maximum Gasteiger partial charge on any atom is 0.311 e. The van der Waals surface area contributed by atoms with Crippen LogP contribution in [0.4, 0.5) is 14.5 Å². The highest BCUT2D eigenvalue weighted by atomic mass is 35.5. The number of carbonyl (C=O) groups is 2. The molecule has 2 aromatic rings. The number of carbonyl (C=O) groups excluding carboxylic acids is 2. The lowest BCUT2D eigenvalue weighted by Crippen LogP contribution is -2.30. The van der Waals surface area contributed by atoms with Crippen molar-refractivity contribution in [3.8, 4) is 0 Å². The minimum Gasteiger partial charge on any atom is -0.452 e. The van der Waals surface area contributed by atoms with Crippen molar-refractivity contribution in [1.82, 2.24) is 0 Å². The molecular formula is C17H14ClF2NO3. The molecule has 0 spiro atoms. The fraction of sp³-hybridized carbons (Fsp3) is 0.176. The summed E-state index contributed by atoms with van der Waals surface area (Å²) < 4.78 is 31.5. The highest BCUT2D eigenvalue weighted by Gasteiger charge is 2.20. The van der Waals surface area contributed by atoms with Crippen LogP contribution in [0.25, 0.3) is 0 Å². The van der Waals surface area contributed by atoms with Crippen molar-refractivity contribution in [2.75, 3.05) is 5.32 Å². The Morgan fingerprint density at radius 3 is 2.62 bits per heavy atom. The van der Waals surface area contributed by atoms with Gasteiger partial charge in [0.1, 0.15) is 11.6 Å². The van der Waals surface area contributed by atoms with Gasteiger partial charge in [0.05, 0.1) is 12.1 Å². The van der Waals surface area contributed by atoms with E-state index >= 15 is 0 Å². The molecule has 0 aliphatic heterocycles. The Morgan fingerprint density at radius 2 is 1.92 bits per heavy atom. The first-order valence-corrected chi connectivity index (χ1v) is 7.43. The van der Waals surface area contributed by atoms with Gasteiger partial charge in [-0.25, -0.2) is 8.78 Å². The van der Waals surface area contributed by atoms with Crippen molar-refractivity contribution in [3.63, 3.8) is 0 Å². The second-order valence-electron chi connectivity index (χ2n) is 5.01. The lowest BCUT2D eigenvalue weighted by atomic mass is 10.1. The van der Waals surface area contributed by atoms with E-state index in [2.05, 4.69) is 5.32 Å². The zero-order valence-electron chi connectivity index (χ0n) is 12.7. The van der Waals surface area contributed by atoms with Crippen molar-refractivity contribution in [1.29, 1.82) is 0 Å². The smallest absolute Gasteiger partial charge is 0.311 e. The van der Waals surface area contributed by atoms with Crippen LogP contribution in [0.2, 0.25) is 5.02 Å². The molecule has 1 N–H and O–H groups in total. The molecule has 24 heavy (non-hydrogen) atoms. The van der Waals surface area contributed by atoms with Crippen molar-refractivity contribution in [2.24, 2.45) is 0 Å². The van der Waals surface area contributed by atoms with E-state index in [0.717, 1.165) is 18.2 Å². The third-order valence-corrected chi connectivity index (χ3v) is 3.53. The zero-order valence-corrected chi connectivity index (χ0v) is 13.4. The molecule has 0 saturated carbocycles. The predicted octanol–water partition coefficient (Wildman–Crippen LogP) is 3.73. The van der Waals surface area contributed by atoms with E-state index in [1.807, 2.05) is 0 Å². The van der Waals surface area contributed by atoms with Crippen molar-refractivity contribution < 1.29 is 23.1 Å². The normalized spacial score (nSPS) is 11.7.